The van der Waals surface area contributed by atoms with E-state index in [0.717, 1.165) is 30.9 Å². The van der Waals surface area contributed by atoms with E-state index in [9.17, 15) is 12.8 Å². The number of aryl methyl sites for hydroxylation is 2. The zero-order chi connectivity index (χ0) is 24.3. The number of likely N-dealkylation sites (tertiary alicyclic amines) is 1. The summed E-state index contributed by atoms with van der Waals surface area (Å²) >= 11 is 0. The Labute approximate surface area is 201 Å². The minimum Gasteiger partial charge on any atom is -0.497 e. The lowest BCUT2D eigenvalue weighted by Gasteiger charge is -2.39. The van der Waals surface area contributed by atoms with Crippen LogP contribution >= 0.6 is 0 Å². The normalized spacial score (nSPS) is 15.3. The summed E-state index contributed by atoms with van der Waals surface area (Å²) in [4.78, 5) is 2.55. The molecule has 1 saturated heterocycles. The molecule has 0 aromatic heterocycles. The SMILES string of the molecule is COc1ccc(CN2CCC(N(c3ccc(C)c(F)c3)S(=O)(=O)c3ccc(C)cc3)CC2)cc1. The minimum atomic E-state index is -3.85. The van der Waals surface area contributed by atoms with Crippen LogP contribution in [-0.4, -0.2) is 39.6 Å². The van der Waals surface area contributed by atoms with Crippen molar-refractivity contribution >= 4 is 15.7 Å². The molecular weight excluding hydrogens is 451 g/mol. The Bertz CT molecular complexity index is 1220. The predicted molar refractivity (Wildman–Crippen MR) is 133 cm³/mol. The molecule has 5 nitrogen and oxygen atoms in total. The van der Waals surface area contributed by atoms with E-state index in [1.807, 2.05) is 31.2 Å². The molecule has 180 valence electrons. The monoisotopic (exact) mass is 482 g/mol. The summed E-state index contributed by atoms with van der Waals surface area (Å²) in [6, 6.07) is 19.3. The van der Waals surface area contributed by atoms with Gasteiger partial charge in [-0.25, -0.2) is 12.8 Å². The number of methoxy groups -OCH3 is 1. The topological polar surface area (TPSA) is 49.9 Å². The predicted octanol–water partition coefficient (Wildman–Crippen LogP) is 5.31. The number of sulfonamides is 1. The Kier molecular flexibility index (Phi) is 7.24. The number of anilines is 1. The molecule has 0 unspecified atom stereocenters. The first-order valence-electron chi connectivity index (χ1n) is 11.5. The van der Waals surface area contributed by atoms with Gasteiger partial charge in [0.25, 0.3) is 10.0 Å². The standard InChI is InChI=1S/C27H31FN2O3S/c1-20-4-12-26(13-5-20)34(31,32)30(24-9-6-21(2)27(28)18-24)23-14-16-29(17-15-23)19-22-7-10-25(33-3)11-8-22/h4-13,18,23H,14-17,19H2,1-3H3. The molecule has 0 bridgehead atoms. The average molecular weight is 483 g/mol. The van der Waals surface area contributed by atoms with Crippen molar-refractivity contribution in [3.05, 3.63) is 89.2 Å². The first-order valence-corrected chi connectivity index (χ1v) is 12.9. The lowest BCUT2D eigenvalue weighted by molar-refractivity contribution is 0.206. The van der Waals surface area contributed by atoms with Gasteiger partial charge in [0.05, 0.1) is 17.7 Å². The molecule has 0 amide bonds. The largest absolute Gasteiger partial charge is 0.497 e. The quantitative estimate of drug-likeness (QED) is 0.458. The summed E-state index contributed by atoms with van der Waals surface area (Å²) in [6.45, 7) is 5.90. The second kappa shape index (κ2) is 10.2. The van der Waals surface area contributed by atoms with Crippen LogP contribution in [0.15, 0.2) is 71.6 Å². The summed E-state index contributed by atoms with van der Waals surface area (Å²) < 4.78 is 48.6. The van der Waals surface area contributed by atoms with Crippen molar-refractivity contribution in [1.82, 2.24) is 4.90 Å². The Hall–Kier alpha value is -2.90. The van der Waals surface area contributed by atoms with Crippen LogP contribution in [0, 0.1) is 19.7 Å². The second-order valence-electron chi connectivity index (χ2n) is 8.90. The highest BCUT2D eigenvalue weighted by molar-refractivity contribution is 7.92. The first kappa shape index (κ1) is 24.2. The van der Waals surface area contributed by atoms with E-state index in [1.54, 1.807) is 50.4 Å². The molecule has 7 heteroatoms. The molecule has 4 rings (SSSR count). The number of benzene rings is 3. The molecule has 34 heavy (non-hydrogen) atoms. The van der Waals surface area contributed by atoms with E-state index in [1.165, 1.54) is 15.9 Å². The molecule has 3 aromatic carbocycles. The van der Waals surface area contributed by atoms with Crippen LogP contribution in [0.4, 0.5) is 10.1 Å². The number of nitrogens with zero attached hydrogens (tertiary/aromatic N) is 2. The average Bonchev–Trinajstić information content (AvgIpc) is 2.83. The van der Waals surface area contributed by atoms with Crippen molar-refractivity contribution in [2.75, 3.05) is 24.5 Å². The van der Waals surface area contributed by atoms with Crippen LogP contribution in [0.2, 0.25) is 0 Å². The number of halogens is 1. The fraction of sp³-hybridized carbons (Fsp3) is 0.333. The van der Waals surface area contributed by atoms with E-state index in [2.05, 4.69) is 4.90 Å². The molecule has 1 fully saturated rings. The zero-order valence-electron chi connectivity index (χ0n) is 19.9. The minimum absolute atomic E-state index is 0.222. The number of ether oxygens (including phenoxy) is 1. The summed E-state index contributed by atoms with van der Waals surface area (Å²) in [6.07, 6.45) is 1.33. The highest BCUT2D eigenvalue weighted by Gasteiger charge is 2.34. The van der Waals surface area contributed by atoms with E-state index in [0.29, 0.717) is 24.1 Å². The highest BCUT2D eigenvalue weighted by atomic mass is 32.2. The van der Waals surface area contributed by atoms with Gasteiger partial charge in [-0.1, -0.05) is 35.9 Å². The molecule has 0 saturated carbocycles. The van der Waals surface area contributed by atoms with Crippen molar-refractivity contribution in [3.63, 3.8) is 0 Å². The lowest BCUT2D eigenvalue weighted by atomic mass is 10.0. The van der Waals surface area contributed by atoms with Gasteiger partial charge in [-0.3, -0.25) is 9.21 Å². The Morgan fingerprint density at radius 2 is 1.62 bits per heavy atom. The second-order valence-corrected chi connectivity index (χ2v) is 10.7. The summed E-state index contributed by atoms with van der Waals surface area (Å²) in [5.41, 5.74) is 3.03. The van der Waals surface area contributed by atoms with Gasteiger partial charge in [0.2, 0.25) is 0 Å². The van der Waals surface area contributed by atoms with Crippen LogP contribution in [-0.2, 0) is 16.6 Å². The lowest BCUT2D eigenvalue weighted by Crippen LogP contribution is -2.47. The van der Waals surface area contributed by atoms with Crippen LogP contribution in [0.3, 0.4) is 0 Å². The third-order valence-electron chi connectivity index (χ3n) is 6.44. The van der Waals surface area contributed by atoms with Crippen LogP contribution in [0.1, 0.15) is 29.5 Å². The van der Waals surface area contributed by atoms with Gasteiger partial charge in [0, 0.05) is 25.7 Å². The van der Waals surface area contributed by atoms with Gasteiger partial charge in [-0.2, -0.15) is 0 Å². The maximum absolute atomic E-state index is 14.5. The van der Waals surface area contributed by atoms with Crippen molar-refractivity contribution in [3.8, 4) is 5.75 Å². The molecule has 1 aliphatic rings. The van der Waals surface area contributed by atoms with Gasteiger partial charge >= 0.3 is 0 Å². The maximum atomic E-state index is 14.5. The summed E-state index contributed by atoms with van der Waals surface area (Å²) in [5.74, 6) is 0.420. The molecule has 0 atom stereocenters. The molecule has 1 heterocycles. The van der Waals surface area contributed by atoms with Crippen LogP contribution < -0.4 is 9.04 Å². The van der Waals surface area contributed by atoms with Crippen LogP contribution in [0.25, 0.3) is 0 Å². The Morgan fingerprint density at radius 1 is 0.971 bits per heavy atom. The first-order chi connectivity index (χ1) is 16.3. The van der Waals surface area contributed by atoms with Crippen LogP contribution in [0.5, 0.6) is 5.75 Å². The highest BCUT2D eigenvalue weighted by Crippen LogP contribution is 2.32. The Balaban J connectivity index is 1.57. The van der Waals surface area contributed by atoms with E-state index in [-0.39, 0.29) is 10.9 Å². The Morgan fingerprint density at radius 3 is 2.21 bits per heavy atom. The maximum Gasteiger partial charge on any atom is 0.264 e. The van der Waals surface area contributed by atoms with Crippen molar-refractivity contribution in [2.45, 2.75) is 44.2 Å². The molecule has 3 aromatic rings. The van der Waals surface area contributed by atoms with Crippen molar-refractivity contribution < 1.29 is 17.5 Å². The zero-order valence-corrected chi connectivity index (χ0v) is 20.7. The molecule has 0 spiro atoms. The van der Waals surface area contributed by atoms with Crippen molar-refractivity contribution in [2.24, 2.45) is 0 Å². The molecule has 0 N–H and O–H groups in total. The fourth-order valence-electron chi connectivity index (χ4n) is 4.39. The smallest absolute Gasteiger partial charge is 0.264 e. The molecule has 1 aliphatic heterocycles. The number of rotatable bonds is 7. The van der Waals surface area contributed by atoms with Gasteiger partial charge in [0.15, 0.2) is 0 Å². The van der Waals surface area contributed by atoms with Gasteiger partial charge in [-0.15, -0.1) is 0 Å². The fourth-order valence-corrected chi connectivity index (χ4v) is 6.09. The van der Waals surface area contributed by atoms with E-state index in [4.69, 9.17) is 4.74 Å². The molecular formula is C27H31FN2O3S. The van der Waals surface area contributed by atoms with E-state index >= 15 is 0 Å². The molecule has 0 aliphatic carbocycles. The van der Waals surface area contributed by atoms with E-state index < -0.39 is 15.8 Å². The third kappa shape index (κ3) is 5.26. The third-order valence-corrected chi connectivity index (χ3v) is 8.34. The van der Waals surface area contributed by atoms with Gasteiger partial charge in [0.1, 0.15) is 11.6 Å². The number of piperidine rings is 1. The van der Waals surface area contributed by atoms with Gasteiger partial charge < -0.3 is 4.74 Å². The summed E-state index contributed by atoms with van der Waals surface area (Å²) in [7, 11) is -2.20. The molecule has 0 radical (unpaired) electrons. The number of hydrogen-bond acceptors (Lipinski definition) is 4. The van der Waals surface area contributed by atoms with Crippen molar-refractivity contribution in [1.29, 1.82) is 0 Å². The summed E-state index contributed by atoms with van der Waals surface area (Å²) in [5, 5.41) is 0. The van der Waals surface area contributed by atoms with Gasteiger partial charge in [-0.05, 0) is 74.2 Å². The number of hydrogen-bond donors (Lipinski definition) is 0.